The summed E-state index contributed by atoms with van der Waals surface area (Å²) in [4.78, 5) is 12.3. The quantitative estimate of drug-likeness (QED) is 0.834. The van der Waals surface area contributed by atoms with Gasteiger partial charge >= 0.3 is 5.97 Å². The van der Waals surface area contributed by atoms with Gasteiger partial charge in [-0.3, -0.25) is 0 Å². The Bertz CT molecular complexity index is 798. The summed E-state index contributed by atoms with van der Waals surface area (Å²) in [5.74, 6) is 0.656. The van der Waals surface area contributed by atoms with Crippen LogP contribution >= 0.6 is 0 Å². The van der Waals surface area contributed by atoms with Gasteiger partial charge in [0.15, 0.2) is 0 Å². The Labute approximate surface area is 149 Å². The zero-order valence-electron chi connectivity index (χ0n) is 15.3. The predicted octanol–water partition coefficient (Wildman–Crippen LogP) is 4.07. The van der Waals surface area contributed by atoms with Gasteiger partial charge in [0.25, 0.3) is 0 Å². The number of hydrogen-bond donors (Lipinski definition) is 1. The minimum absolute atomic E-state index is 0.261. The Morgan fingerprint density at radius 2 is 1.88 bits per heavy atom. The van der Waals surface area contributed by atoms with E-state index in [1.807, 2.05) is 32.0 Å². The molecule has 0 heterocycles. The number of esters is 1. The molecule has 4 nitrogen and oxygen atoms in total. The molecule has 132 valence electrons. The average Bonchev–Trinajstić information content (AvgIpc) is 2.96. The highest BCUT2D eigenvalue weighted by atomic mass is 16.5. The van der Waals surface area contributed by atoms with Gasteiger partial charge in [-0.05, 0) is 68.5 Å². The van der Waals surface area contributed by atoms with Gasteiger partial charge in [0.1, 0.15) is 5.75 Å². The van der Waals surface area contributed by atoms with Crippen molar-refractivity contribution in [2.45, 2.75) is 39.7 Å². The summed E-state index contributed by atoms with van der Waals surface area (Å²) in [6, 6.07) is 10.5. The van der Waals surface area contributed by atoms with Crippen LogP contribution in [0.3, 0.4) is 0 Å². The van der Waals surface area contributed by atoms with E-state index in [1.165, 1.54) is 11.1 Å². The molecule has 2 aromatic carbocycles. The van der Waals surface area contributed by atoms with E-state index in [9.17, 15) is 4.79 Å². The van der Waals surface area contributed by atoms with Crippen molar-refractivity contribution in [2.24, 2.45) is 0 Å². The highest BCUT2D eigenvalue weighted by Crippen LogP contribution is 2.31. The molecule has 1 aliphatic rings. The van der Waals surface area contributed by atoms with Crippen LogP contribution in [0.5, 0.6) is 5.75 Å². The highest BCUT2D eigenvalue weighted by Gasteiger charge is 2.24. The number of benzene rings is 2. The summed E-state index contributed by atoms with van der Waals surface area (Å²) in [6.45, 7) is 6.25. The molecule has 0 radical (unpaired) electrons. The monoisotopic (exact) mass is 339 g/mol. The number of ether oxygens (including phenoxy) is 2. The van der Waals surface area contributed by atoms with Gasteiger partial charge in [-0.15, -0.1) is 0 Å². The predicted molar refractivity (Wildman–Crippen MR) is 99.7 cm³/mol. The maximum Gasteiger partial charge on any atom is 0.340 e. The number of aryl methyl sites for hydroxylation is 2. The van der Waals surface area contributed by atoms with Crippen molar-refractivity contribution < 1.29 is 14.3 Å². The average molecular weight is 339 g/mol. The van der Waals surface area contributed by atoms with Crippen molar-refractivity contribution in [3.05, 3.63) is 58.1 Å². The minimum atomic E-state index is -0.276. The topological polar surface area (TPSA) is 47.6 Å². The molecule has 1 N–H and O–H groups in total. The number of hydrogen-bond acceptors (Lipinski definition) is 4. The van der Waals surface area contributed by atoms with E-state index in [2.05, 4.69) is 24.4 Å². The van der Waals surface area contributed by atoms with E-state index < -0.39 is 0 Å². The van der Waals surface area contributed by atoms with Crippen LogP contribution in [0, 0.1) is 13.8 Å². The molecule has 0 aliphatic heterocycles. The number of carbonyl (C=O) groups excluding carboxylic acids is 1. The van der Waals surface area contributed by atoms with Crippen molar-refractivity contribution in [2.75, 3.05) is 19.0 Å². The third kappa shape index (κ3) is 3.63. The molecule has 0 spiro atoms. The molecule has 0 aromatic heterocycles. The fourth-order valence-corrected chi connectivity index (χ4v) is 3.48. The first-order valence-electron chi connectivity index (χ1n) is 8.72. The van der Waals surface area contributed by atoms with Crippen molar-refractivity contribution in [3.8, 4) is 5.75 Å². The van der Waals surface area contributed by atoms with Crippen LogP contribution < -0.4 is 10.1 Å². The molecule has 1 atom stereocenters. The first kappa shape index (κ1) is 17.3. The number of rotatable bonds is 5. The minimum Gasteiger partial charge on any atom is -0.496 e. The van der Waals surface area contributed by atoms with Crippen molar-refractivity contribution >= 4 is 11.7 Å². The summed E-state index contributed by atoms with van der Waals surface area (Å²) in [5.41, 5.74) is 6.30. The van der Waals surface area contributed by atoms with E-state index >= 15 is 0 Å². The number of nitrogens with one attached hydrogen (secondary N) is 1. The Morgan fingerprint density at radius 3 is 2.56 bits per heavy atom. The number of methoxy groups -OCH3 is 1. The highest BCUT2D eigenvalue weighted by molar-refractivity contribution is 5.96. The van der Waals surface area contributed by atoms with E-state index in [0.29, 0.717) is 12.2 Å². The summed E-state index contributed by atoms with van der Waals surface area (Å²) in [7, 11) is 1.71. The molecule has 1 unspecified atom stereocenters. The zero-order valence-corrected chi connectivity index (χ0v) is 15.3. The normalized spacial score (nSPS) is 15.6. The second-order valence-electron chi connectivity index (χ2n) is 6.61. The van der Waals surface area contributed by atoms with E-state index in [1.54, 1.807) is 7.11 Å². The largest absolute Gasteiger partial charge is 0.496 e. The van der Waals surface area contributed by atoms with Crippen LogP contribution in [0.4, 0.5) is 5.69 Å². The lowest BCUT2D eigenvalue weighted by Crippen LogP contribution is -2.21. The molecular formula is C21H25NO3. The van der Waals surface area contributed by atoms with Crippen molar-refractivity contribution in [1.29, 1.82) is 0 Å². The fourth-order valence-electron chi connectivity index (χ4n) is 3.48. The Kier molecular flexibility index (Phi) is 4.98. The number of anilines is 1. The van der Waals surface area contributed by atoms with E-state index in [4.69, 9.17) is 9.47 Å². The van der Waals surface area contributed by atoms with Gasteiger partial charge in [-0.2, -0.15) is 0 Å². The van der Waals surface area contributed by atoms with Crippen LogP contribution in [-0.4, -0.2) is 25.7 Å². The number of carbonyl (C=O) groups is 1. The fraction of sp³-hybridized carbons (Fsp3) is 0.381. The molecule has 0 saturated heterocycles. The molecule has 0 saturated carbocycles. The standard InChI is InChI=1S/C21H25NO3/c1-5-25-21(23)18-8-13(2)6-7-19(18)22-17-10-15-9-14(3)20(24-4)12-16(15)11-17/h6-9,12,17,22H,5,10-11H2,1-4H3. The van der Waals surface area contributed by atoms with Crippen LogP contribution in [0.15, 0.2) is 30.3 Å². The van der Waals surface area contributed by atoms with Crippen LogP contribution in [0.2, 0.25) is 0 Å². The van der Waals surface area contributed by atoms with Crippen LogP contribution in [0.1, 0.15) is 39.5 Å². The molecular weight excluding hydrogens is 314 g/mol. The summed E-state index contributed by atoms with van der Waals surface area (Å²) in [6.07, 6.45) is 1.86. The third-order valence-corrected chi connectivity index (χ3v) is 4.68. The maximum absolute atomic E-state index is 12.3. The summed E-state index contributed by atoms with van der Waals surface area (Å²) >= 11 is 0. The molecule has 4 heteroatoms. The van der Waals surface area contributed by atoms with Crippen molar-refractivity contribution in [3.63, 3.8) is 0 Å². The van der Waals surface area contributed by atoms with Crippen LogP contribution in [-0.2, 0) is 17.6 Å². The first-order chi connectivity index (χ1) is 12.0. The van der Waals surface area contributed by atoms with Gasteiger partial charge < -0.3 is 14.8 Å². The SMILES string of the molecule is CCOC(=O)c1cc(C)ccc1NC1Cc2cc(C)c(OC)cc2C1. The Hall–Kier alpha value is -2.49. The Balaban J connectivity index is 1.81. The van der Waals surface area contributed by atoms with E-state index in [0.717, 1.165) is 35.4 Å². The smallest absolute Gasteiger partial charge is 0.340 e. The molecule has 2 aromatic rings. The zero-order chi connectivity index (χ0) is 18.0. The second kappa shape index (κ2) is 7.18. The Morgan fingerprint density at radius 1 is 1.16 bits per heavy atom. The lowest BCUT2D eigenvalue weighted by molar-refractivity contribution is 0.0527. The van der Waals surface area contributed by atoms with Gasteiger partial charge in [0.2, 0.25) is 0 Å². The van der Waals surface area contributed by atoms with Gasteiger partial charge in [-0.1, -0.05) is 17.7 Å². The molecule has 25 heavy (non-hydrogen) atoms. The summed E-state index contributed by atoms with van der Waals surface area (Å²) < 4.78 is 10.6. The number of fused-ring (bicyclic) bond motifs is 1. The van der Waals surface area contributed by atoms with Gasteiger partial charge in [-0.25, -0.2) is 4.79 Å². The molecule has 1 aliphatic carbocycles. The lowest BCUT2D eigenvalue weighted by atomic mass is 10.1. The first-order valence-corrected chi connectivity index (χ1v) is 8.72. The second-order valence-corrected chi connectivity index (χ2v) is 6.61. The van der Waals surface area contributed by atoms with Gasteiger partial charge in [0.05, 0.1) is 19.3 Å². The lowest BCUT2D eigenvalue weighted by Gasteiger charge is -2.17. The van der Waals surface area contributed by atoms with Gasteiger partial charge in [0, 0.05) is 11.7 Å². The molecule has 0 amide bonds. The molecule has 0 bridgehead atoms. The molecule has 3 rings (SSSR count). The van der Waals surface area contributed by atoms with E-state index in [-0.39, 0.29) is 12.0 Å². The van der Waals surface area contributed by atoms with Crippen LogP contribution in [0.25, 0.3) is 0 Å². The maximum atomic E-state index is 12.3. The van der Waals surface area contributed by atoms with Crippen molar-refractivity contribution in [1.82, 2.24) is 0 Å². The third-order valence-electron chi connectivity index (χ3n) is 4.68. The molecule has 0 fully saturated rings. The summed E-state index contributed by atoms with van der Waals surface area (Å²) in [5, 5.41) is 3.54.